The first-order valence-corrected chi connectivity index (χ1v) is 3.96. The van der Waals surface area contributed by atoms with Crippen molar-refractivity contribution in [2.24, 2.45) is 0 Å². The van der Waals surface area contributed by atoms with Crippen LogP contribution in [0.5, 0.6) is 0 Å². The standard InChI is InChI=1S/C8H11NO2/c1-6-4-8(2-3-10-6)7(5-9)11-8/h6-7H,2-4H2,1H3. The Bertz CT molecular complexity index is 211. The van der Waals surface area contributed by atoms with Crippen LogP contribution < -0.4 is 0 Å². The smallest absolute Gasteiger partial charge is 0.173 e. The van der Waals surface area contributed by atoms with Crippen molar-refractivity contribution < 1.29 is 9.47 Å². The summed E-state index contributed by atoms with van der Waals surface area (Å²) in [6, 6.07) is 2.14. The first-order valence-electron chi connectivity index (χ1n) is 3.96. The lowest BCUT2D eigenvalue weighted by Crippen LogP contribution is -2.31. The molecule has 1 spiro atoms. The molecule has 0 saturated carbocycles. The third-order valence-electron chi connectivity index (χ3n) is 2.45. The summed E-state index contributed by atoms with van der Waals surface area (Å²) < 4.78 is 10.7. The summed E-state index contributed by atoms with van der Waals surface area (Å²) in [6.07, 6.45) is 1.86. The number of nitrogens with zero attached hydrogens (tertiary/aromatic N) is 1. The van der Waals surface area contributed by atoms with Crippen molar-refractivity contribution in [3.8, 4) is 6.07 Å². The fourth-order valence-corrected chi connectivity index (χ4v) is 1.77. The number of hydrogen-bond acceptors (Lipinski definition) is 3. The van der Waals surface area contributed by atoms with E-state index in [2.05, 4.69) is 6.07 Å². The zero-order chi connectivity index (χ0) is 7.90. The van der Waals surface area contributed by atoms with Gasteiger partial charge in [-0.1, -0.05) is 0 Å². The van der Waals surface area contributed by atoms with Gasteiger partial charge in [0.2, 0.25) is 0 Å². The van der Waals surface area contributed by atoms with Gasteiger partial charge in [-0.25, -0.2) is 0 Å². The van der Waals surface area contributed by atoms with Crippen LogP contribution in [-0.2, 0) is 9.47 Å². The molecule has 60 valence electrons. The van der Waals surface area contributed by atoms with Gasteiger partial charge in [0.1, 0.15) is 5.60 Å². The molecule has 0 aliphatic carbocycles. The highest BCUT2D eigenvalue weighted by Gasteiger charge is 2.58. The molecule has 0 aromatic rings. The van der Waals surface area contributed by atoms with Crippen LogP contribution in [0, 0.1) is 11.3 Å². The van der Waals surface area contributed by atoms with Crippen LogP contribution in [0.3, 0.4) is 0 Å². The molecule has 0 N–H and O–H groups in total. The summed E-state index contributed by atoms with van der Waals surface area (Å²) >= 11 is 0. The summed E-state index contributed by atoms with van der Waals surface area (Å²) in [5, 5.41) is 8.59. The minimum absolute atomic E-state index is 0.119. The van der Waals surface area contributed by atoms with Crippen LogP contribution in [0.15, 0.2) is 0 Å². The molecule has 2 aliphatic heterocycles. The summed E-state index contributed by atoms with van der Waals surface area (Å²) in [6.45, 7) is 2.76. The minimum atomic E-state index is -0.158. The van der Waals surface area contributed by atoms with Crippen LogP contribution in [0.4, 0.5) is 0 Å². The Balaban J connectivity index is 2.01. The molecule has 2 rings (SSSR count). The summed E-state index contributed by atoms with van der Waals surface area (Å²) in [5.41, 5.74) is -0.119. The van der Waals surface area contributed by atoms with E-state index in [1.54, 1.807) is 0 Å². The van der Waals surface area contributed by atoms with Gasteiger partial charge in [-0.2, -0.15) is 5.26 Å². The first kappa shape index (κ1) is 7.08. The second kappa shape index (κ2) is 2.20. The molecular weight excluding hydrogens is 142 g/mol. The Kier molecular flexibility index (Phi) is 1.41. The summed E-state index contributed by atoms with van der Waals surface area (Å²) in [4.78, 5) is 0. The van der Waals surface area contributed by atoms with E-state index in [1.807, 2.05) is 6.92 Å². The maximum Gasteiger partial charge on any atom is 0.173 e. The Hall–Kier alpha value is -0.590. The predicted molar refractivity (Wildman–Crippen MR) is 37.9 cm³/mol. The van der Waals surface area contributed by atoms with Gasteiger partial charge >= 0.3 is 0 Å². The molecular formula is C8H11NO2. The molecule has 3 unspecified atom stereocenters. The summed E-state index contributed by atoms with van der Waals surface area (Å²) in [7, 11) is 0. The maximum absolute atomic E-state index is 8.59. The molecule has 2 heterocycles. The van der Waals surface area contributed by atoms with Crippen molar-refractivity contribution >= 4 is 0 Å². The lowest BCUT2D eigenvalue weighted by molar-refractivity contribution is -0.00882. The van der Waals surface area contributed by atoms with E-state index in [-0.39, 0.29) is 17.8 Å². The van der Waals surface area contributed by atoms with E-state index in [0.29, 0.717) is 0 Å². The Morgan fingerprint density at radius 3 is 3.00 bits per heavy atom. The Morgan fingerprint density at radius 2 is 2.45 bits per heavy atom. The zero-order valence-electron chi connectivity index (χ0n) is 6.54. The van der Waals surface area contributed by atoms with Crippen LogP contribution in [0.1, 0.15) is 19.8 Å². The van der Waals surface area contributed by atoms with Gasteiger partial charge in [-0.3, -0.25) is 0 Å². The van der Waals surface area contributed by atoms with E-state index in [4.69, 9.17) is 14.7 Å². The van der Waals surface area contributed by atoms with Crippen molar-refractivity contribution in [3.63, 3.8) is 0 Å². The minimum Gasteiger partial charge on any atom is -0.378 e. The molecule has 0 amide bonds. The van der Waals surface area contributed by atoms with Gasteiger partial charge in [0.05, 0.1) is 12.2 Å². The van der Waals surface area contributed by atoms with Gasteiger partial charge in [0.15, 0.2) is 6.10 Å². The fourth-order valence-electron chi connectivity index (χ4n) is 1.77. The number of epoxide rings is 1. The Labute approximate surface area is 65.9 Å². The van der Waals surface area contributed by atoms with E-state index >= 15 is 0 Å². The second-order valence-electron chi connectivity index (χ2n) is 3.33. The quantitative estimate of drug-likeness (QED) is 0.484. The number of hydrogen-bond donors (Lipinski definition) is 0. The lowest BCUT2D eigenvalue weighted by atomic mass is 9.93. The van der Waals surface area contributed by atoms with Crippen molar-refractivity contribution in [1.82, 2.24) is 0 Å². The molecule has 3 nitrogen and oxygen atoms in total. The van der Waals surface area contributed by atoms with Gasteiger partial charge in [-0.15, -0.1) is 0 Å². The first-order chi connectivity index (χ1) is 5.27. The molecule has 0 aromatic heterocycles. The maximum atomic E-state index is 8.59. The van der Waals surface area contributed by atoms with Crippen molar-refractivity contribution in [1.29, 1.82) is 5.26 Å². The normalized spacial score (nSPS) is 48.7. The van der Waals surface area contributed by atoms with Crippen LogP contribution in [0.25, 0.3) is 0 Å². The average Bonchev–Trinajstić information content (AvgIpc) is 2.63. The van der Waals surface area contributed by atoms with E-state index in [1.165, 1.54) is 0 Å². The van der Waals surface area contributed by atoms with Crippen LogP contribution in [0.2, 0.25) is 0 Å². The molecule has 0 radical (unpaired) electrons. The second-order valence-corrected chi connectivity index (χ2v) is 3.33. The highest BCUT2D eigenvalue weighted by Crippen LogP contribution is 2.45. The van der Waals surface area contributed by atoms with E-state index in [9.17, 15) is 0 Å². The number of rotatable bonds is 0. The molecule has 11 heavy (non-hydrogen) atoms. The molecule has 0 aromatic carbocycles. The van der Waals surface area contributed by atoms with Gasteiger partial charge in [0.25, 0.3) is 0 Å². The molecule has 3 atom stereocenters. The van der Waals surface area contributed by atoms with Crippen molar-refractivity contribution in [2.75, 3.05) is 6.61 Å². The molecule has 0 bridgehead atoms. The van der Waals surface area contributed by atoms with Crippen molar-refractivity contribution in [3.05, 3.63) is 0 Å². The highest BCUT2D eigenvalue weighted by atomic mass is 16.6. The largest absolute Gasteiger partial charge is 0.378 e. The third kappa shape index (κ3) is 1.03. The van der Waals surface area contributed by atoms with Crippen molar-refractivity contribution in [2.45, 2.75) is 37.6 Å². The fraction of sp³-hybridized carbons (Fsp3) is 0.875. The Morgan fingerprint density at radius 1 is 1.64 bits per heavy atom. The van der Waals surface area contributed by atoms with E-state index < -0.39 is 0 Å². The SMILES string of the molecule is CC1CC2(CCO1)OC2C#N. The number of nitriles is 1. The highest BCUT2D eigenvalue weighted by molar-refractivity contribution is 5.15. The number of ether oxygens (including phenoxy) is 2. The average molecular weight is 153 g/mol. The molecule has 2 aliphatic rings. The van der Waals surface area contributed by atoms with Gasteiger partial charge in [0, 0.05) is 19.4 Å². The van der Waals surface area contributed by atoms with Crippen LogP contribution in [-0.4, -0.2) is 24.4 Å². The van der Waals surface area contributed by atoms with Gasteiger partial charge in [-0.05, 0) is 6.92 Å². The topological polar surface area (TPSA) is 45.5 Å². The molecule has 2 fully saturated rings. The lowest BCUT2D eigenvalue weighted by Gasteiger charge is -2.24. The molecule has 2 saturated heterocycles. The van der Waals surface area contributed by atoms with Crippen LogP contribution >= 0.6 is 0 Å². The molecule has 3 heteroatoms. The summed E-state index contributed by atoms with van der Waals surface area (Å²) in [5.74, 6) is 0. The zero-order valence-corrected chi connectivity index (χ0v) is 6.54. The van der Waals surface area contributed by atoms with Gasteiger partial charge < -0.3 is 9.47 Å². The van der Waals surface area contributed by atoms with E-state index in [0.717, 1.165) is 19.4 Å². The third-order valence-corrected chi connectivity index (χ3v) is 2.45. The predicted octanol–water partition coefficient (Wildman–Crippen LogP) is 0.846. The monoisotopic (exact) mass is 153 g/mol.